The van der Waals surface area contributed by atoms with E-state index in [9.17, 15) is 4.79 Å². The maximum absolute atomic E-state index is 12.7. The van der Waals surface area contributed by atoms with Crippen LogP contribution in [0.3, 0.4) is 0 Å². The van der Waals surface area contributed by atoms with Gasteiger partial charge in [0.05, 0.1) is 12.1 Å². The van der Waals surface area contributed by atoms with E-state index in [1.165, 1.54) is 22.4 Å². The van der Waals surface area contributed by atoms with Crippen molar-refractivity contribution in [1.29, 1.82) is 0 Å². The first-order chi connectivity index (χ1) is 14.0. The second-order valence-corrected chi connectivity index (χ2v) is 8.61. The van der Waals surface area contributed by atoms with Gasteiger partial charge in [0.1, 0.15) is 11.3 Å². The van der Waals surface area contributed by atoms with E-state index in [4.69, 9.17) is 9.15 Å². The number of nitrogens with zero attached hydrogens (tertiary/aromatic N) is 1. The molecule has 3 aromatic rings. The van der Waals surface area contributed by atoms with Crippen molar-refractivity contribution in [2.24, 2.45) is 0 Å². The van der Waals surface area contributed by atoms with E-state index >= 15 is 0 Å². The molecule has 0 saturated heterocycles. The van der Waals surface area contributed by atoms with Crippen molar-refractivity contribution in [2.45, 2.75) is 58.9 Å². The van der Waals surface area contributed by atoms with Crippen LogP contribution in [-0.2, 0) is 19.4 Å². The predicted octanol–water partition coefficient (Wildman–Crippen LogP) is 5.46. The summed E-state index contributed by atoms with van der Waals surface area (Å²) in [5, 5.41) is 1.08. The lowest BCUT2D eigenvalue weighted by atomic mass is 9.89. The number of fused-ring (bicyclic) bond motifs is 5. The van der Waals surface area contributed by atoms with Crippen LogP contribution in [-0.4, -0.2) is 6.73 Å². The lowest BCUT2D eigenvalue weighted by Crippen LogP contribution is -2.33. The van der Waals surface area contributed by atoms with Crippen LogP contribution in [0.2, 0.25) is 0 Å². The Morgan fingerprint density at radius 2 is 1.79 bits per heavy atom. The van der Waals surface area contributed by atoms with Crippen molar-refractivity contribution in [3.8, 4) is 5.75 Å². The Kier molecular flexibility index (Phi) is 4.38. The van der Waals surface area contributed by atoms with E-state index < -0.39 is 0 Å². The molecule has 0 saturated carbocycles. The molecule has 2 heterocycles. The average molecular weight is 389 g/mol. The number of ether oxygens (including phenoxy) is 1. The van der Waals surface area contributed by atoms with Crippen LogP contribution in [0.1, 0.15) is 60.4 Å². The van der Waals surface area contributed by atoms with Gasteiger partial charge >= 0.3 is 5.63 Å². The highest BCUT2D eigenvalue weighted by molar-refractivity contribution is 5.87. The topological polar surface area (TPSA) is 42.7 Å². The summed E-state index contributed by atoms with van der Waals surface area (Å²) in [5.74, 6) is 1.25. The zero-order chi connectivity index (χ0) is 20.1. The van der Waals surface area contributed by atoms with Gasteiger partial charge in [0, 0.05) is 16.6 Å². The molecule has 0 N–H and O–H groups in total. The first-order valence-corrected chi connectivity index (χ1v) is 10.6. The summed E-state index contributed by atoms with van der Waals surface area (Å²) in [7, 11) is 0. The number of rotatable bonds is 2. The van der Waals surface area contributed by atoms with Gasteiger partial charge in [0.2, 0.25) is 0 Å². The highest BCUT2D eigenvalue weighted by Gasteiger charge is 2.27. The molecule has 0 unspecified atom stereocenters. The van der Waals surface area contributed by atoms with E-state index in [0.29, 0.717) is 24.8 Å². The maximum atomic E-state index is 12.7. The molecule has 1 aromatic heterocycles. The van der Waals surface area contributed by atoms with Crippen LogP contribution < -0.4 is 15.3 Å². The van der Waals surface area contributed by atoms with Gasteiger partial charge < -0.3 is 14.1 Å². The quantitative estimate of drug-likeness (QED) is 0.546. The van der Waals surface area contributed by atoms with Crippen LogP contribution >= 0.6 is 0 Å². The van der Waals surface area contributed by atoms with Crippen molar-refractivity contribution in [3.63, 3.8) is 0 Å². The standard InChI is InChI=1S/C25H27NO3/c1-15(2)17-10-6-7-16(3)23(17)26-13-21-22(28-14-26)12-11-19-18-8-4-5-9-20(18)25(27)29-24(19)21/h6-7,10-12,15H,4-5,8-9,13-14H2,1-3H3. The molecule has 150 valence electrons. The number of benzene rings is 2. The fourth-order valence-corrected chi connectivity index (χ4v) is 4.94. The average Bonchev–Trinajstić information content (AvgIpc) is 2.73. The smallest absolute Gasteiger partial charge is 0.339 e. The molecule has 1 aliphatic carbocycles. The molecule has 1 aliphatic heterocycles. The van der Waals surface area contributed by atoms with Gasteiger partial charge in [-0.3, -0.25) is 0 Å². The molecule has 0 spiro atoms. The molecule has 29 heavy (non-hydrogen) atoms. The van der Waals surface area contributed by atoms with Gasteiger partial charge in [-0.2, -0.15) is 0 Å². The fraction of sp³-hybridized carbons (Fsp3) is 0.400. The zero-order valence-corrected chi connectivity index (χ0v) is 17.4. The van der Waals surface area contributed by atoms with E-state index in [1.54, 1.807) is 0 Å². The highest BCUT2D eigenvalue weighted by Crippen LogP contribution is 2.39. The van der Waals surface area contributed by atoms with Crippen LogP contribution in [0.4, 0.5) is 5.69 Å². The summed E-state index contributed by atoms with van der Waals surface area (Å²) in [6.07, 6.45) is 3.98. The van der Waals surface area contributed by atoms with Gasteiger partial charge in [0.15, 0.2) is 6.73 Å². The summed E-state index contributed by atoms with van der Waals surface area (Å²) < 4.78 is 12.0. The Bertz CT molecular complexity index is 1160. The SMILES string of the molecule is Cc1cccc(C(C)C)c1N1COc2ccc3c4c(c(=O)oc3c2C1)CCCC4. The monoisotopic (exact) mass is 389 g/mol. The van der Waals surface area contributed by atoms with E-state index in [-0.39, 0.29) is 5.63 Å². The Balaban J connectivity index is 1.66. The molecule has 0 bridgehead atoms. The van der Waals surface area contributed by atoms with Gasteiger partial charge in [-0.05, 0) is 67.3 Å². The molecule has 0 amide bonds. The fourth-order valence-electron chi connectivity index (χ4n) is 4.94. The van der Waals surface area contributed by atoms with Crippen LogP contribution in [0.15, 0.2) is 39.5 Å². The van der Waals surface area contributed by atoms with Crippen molar-refractivity contribution in [2.75, 3.05) is 11.6 Å². The maximum Gasteiger partial charge on any atom is 0.339 e. The normalized spacial score (nSPS) is 15.9. The molecule has 4 heteroatoms. The third kappa shape index (κ3) is 2.93. The Morgan fingerprint density at radius 1 is 1.00 bits per heavy atom. The molecular formula is C25H27NO3. The second kappa shape index (κ2) is 6.94. The second-order valence-electron chi connectivity index (χ2n) is 8.61. The summed E-state index contributed by atoms with van der Waals surface area (Å²) in [4.78, 5) is 15.0. The summed E-state index contributed by atoms with van der Waals surface area (Å²) in [5.41, 5.74) is 7.36. The summed E-state index contributed by atoms with van der Waals surface area (Å²) in [6, 6.07) is 10.6. The van der Waals surface area contributed by atoms with E-state index in [2.05, 4.69) is 49.9 Å². The largest absolute Gasteiger partial charge is 0.473 e. The number of anilines is 1. The van der Waals surface area contributed by atoms with Crippen LogP contribution in [0.25, 0.3) is 11.0 Å². The minimum absolute atomic E-state index is 0.170. The molecule has 0 radical (unpaired) electrons. The third-order valence-corrected chi connectivity index (χ3v) is 6.38. The lowest BCUT2D eigenvalue weighted by molar-refractivity contribution is 0.288. The van der Waals surface area contributed by atoms with Crippen LogP contribution in [0, 0.1) is 6.92 Å². The van der Waals surface area contributed by atoms with Crippen LogP contribution in [0.5, 0.6) is 5.75 Å². The van der Waals surface area contributed by atoms with Crippen molar-refractivity contribution < 1.29 is 9.15 Å². The van der Waals surface area contributed by atoms with Crippen molar-refractivity contribution in [1.82, 2.24) is 0 Å². The zero-order valence-electron chi connectivity index (χ0n) is 17.4. The molecule has 0 fully saturated rings. The molecule has 2 aliphatic rings. The molecular weight excluding hydrogens is 362 g/mol. The van der Waals surface area contributed by atoms with Gasteiger partial charge in [0.25, 0.3) is 0 Å². The third-order valence-electron chi connectivity index (χ3n) is 6.38. The minimum atomic E-state index is -0.170. The van der Waals surface area contributed by atoms with Gasteiger partial charge in [-0.15, -0.1) is 0 Å². The summed E-state index contributed by atoms with van der Waals surface area (Å²) >= 11 is 0. The Hall–Kier alpha value is -2.75. The molecule has 2 aromatic carbocycles. The van der Waals surface area contributed by atoms with Gasteiger partial charge in [-0.25, -0.2) is 4.79 Å². The number of hydrogen-bond acceptors (Lipinski definition) is 4. The van der Waals surface area contributed by atoms with Crippen molar-refractivity contribution in [3.05, 3.63) is 68.6 Å². The first-order valence-electron chi connectivity index (χ1n) is 10.6. The summed E-state index contributed by atoms with van der Waals surface area (Å²) in [6.45, 7) is 7.77. The minimum Gasteiger partial charge on any atom is -0.473 e. The highest BCUT2D eigenvalue weighted by atomic mass is 16.5. The van der Waals surface area contributed by atoms with Crippen molar-refractivity contribution >= 4 is 16.7 Å². The molecule has 0 atom stereocenters. The first kappa shape index (κ1) is 18.3. The predicted molar refractivity (Wildman–Crippen MR) is 116 cm³/mol. The van der Waals surface area contributed by atoms with E-state index in [1.807, 2.05) is 6.07 Å². The number of aryl methyl sites for hydroxylation is 2. The Morgan fingerprint density at radius 3 is 2.59 bits per heavy atom. The number of hydrogen-bond donors (Lipinski definition) is 0. The number of para-hydroxylation sites is 1. The van der Waals surface area contributed by atoms with E-state index in [0.717, 1.165) is 47.9 Å². The Labute approximate surface area is 171 Å². The lowest BCUT2D eigenvalue weighted by Gasteiger charge is -2.34. The molecule has 5 rings (SSSR count). The van der Waals surface area contributed by atoms with Gasteiger partial charge in [-0.1, -0.05) is 32.0 Å². The molecule has 4 nitrogen and oxygen atoms in total.